The van der Waals surface area contributed by atoms with Gasteiger partial charge in [0.25, 0.3) is 5.91 Å². The summed E-state index contributed by atoms with van der Waals surface area (Å²) < 4.78 is 5.59. The third-order valence-corrected chi connectivity index (χ3v) is 4.51. The largest absolute Gasteiger partial charge is 0.484 e. The molecule has 0 aliphatic carbocycles. The summed E-state index contributed by atoms with van der Waals surface area (Å²) in [5, 5.41) is 8.82. The maximum Gasteiger partial charge on any atom is 0.303 e. The van der Waals surface area contributed by atoms with Crippen LogP contribution in [0.15, 0.2) is 24.3 Å². The molecule has 0 saturated carbocycles. The summed E-state index contributed by atoms with van der Waals surface area (Å²) >= 11 is 0. The first-order chi connectivity index (χ1) is 11.3. The van der Waals surface area contributed by atoms with Gasteiger partial charge >= 0.3 is 5.97 Å². The molecule has 0 atom stereocenters. The quantitative estimate of drug-likeness (QED) is 0.899. The Kier molecular flexibility index (Phi) is 5.86. The number of nitrogens with zero attached hydrogens (tertiary/aromatic N) is 1. The number of likely N-dealkylation sites (tertiary alicyclic amines) is 1. The molecule has 0 bridgehead atoms. The summed E-state index contributed by atoms with van der Waals surface area (Å²) in [5.41, 5.74) is 1.32. The minimum Gasteiger partial charge on any atom is -0.484 e. The van der Waals surface area contributed by atoms with Crippen LogP contribution in [0, 0.1) is 5.92 Å². The Balaban J connectivity index is 1.78. The van der Waals surface area contributed by atoms with Crippen LogP contribution in [-0.4, -0.2) is 41.6 Å². The van der Waals surface area contributed by atoms with Gasteiger partial charge in [-0.1, -0.05) is 32.9 Å². The van der Waals surface area contributed by atoms with Crippen molar-refractivity contribution in [1.29, 1.82) is 0 Å². The lowest BCUT2D eigenvalue weighted by Gasteiger charge is -2.31. The number of carboxylic acids is 1. The molecule has 0 aromatic heterocycles. The Morgan fingerprint density at radius 1 is 1.17 bits per heavy atom. The van der Waals surface area contributed by atoms with Gasteiger partial charge in [0.2, 0.25) is 0 Å². The molecule has 1 saturated heterocycles. The molecule has 1 aliphatic rings. The second-order valence-electron chi connectivity index (χ2n) is 7.49. The number of aliphatic carboxylic acids is 1. The molecule has 1 N–H and O–H groups in total. The van der Waals surface area contributed by atoms with Gasteiger partial charge in [-0.25, -0.2) is 0 Å². The van der Waals surface area contributed by atoms with E-state index in [0.29, 0.717) is 18.8 Å². The number of hydrogen-bond donors (Lipinski definition) is 1. The van der Waals surface area contributed by atoms with Gasteiger partial charge in [0.15, 0.2) is 6.61 Å². The van der Waals surface area contributed by atoms with Crippen LogP contribution in [0.3, 0.4) is 0 Å². The summed E-state index contributed by atoms with van der Waals surface area (Å²) in [4.78, 5) is 24.7. The molecule has 1 fully saturated rings. The summed E-state index contributed by atoms with van der Waals surface area (Å²) in [6.45, 7) is 7.71. The Morgan fingerprint density at radius 3 is 2.25 bits per heavy atom. The zero-order valence-electron chi connectivity index (χ0n) is 14.7. The second-order valence-corrected chi connectivity index (χ2v) is 7.49. The van der Waals surface area contributed by atoms with Crippen LogP contribution < -0.4 is 4.74 Å². The van der Waals surface area contributed by atoms with Crippen molar-refractivity contribution in [3.63, 3.8) is 0 Å². The third-order valence-electron chi connectivity index (χ3n) is 4.51. The van der Waals surface area contributed by atoms with Crippen molar-refractivity contribution < 1.29 is 19.4 Å². The third kappa shape index (κ3) is 5.25. The fourth-order valence-corrected chi connectivity index (χ4v) is 2.92. The van der Waals surface area contributed by atoms with E-state index in [-0.39, 0.29) is 30.3 Å². The molecule has 0 radical (unpaired) electrons. The van der Waals surface area contributed by atoms with Crippen LogP contribution in [0.1, 0.15) is 45.6 Å². The number of carboxylic acid groups (broad SMARTS) is 1. The van der Waals surface area contributed by atoms with Crippen LogP contribution in [0.5, 0.6) is 5.75 Å². The smallest absolute Gasteiger partial charge is 0.303 e. The maximum absolute atomic E-state index is 12.2. The predicted octanol–water partition coefficient (Wildman–Crippen LogP) is 3.08. The van der Waals surface area contributed by atoms with Crippen LogP contribution >= 0.6 is 0 Å². The monoisotopic (exact) mass is 333 g/mol. The highest BCUT2D eigenvalue weighted by Gasteiger charge is 2.24. The number of rotatable bonds is 5. The van der Waals surface area contributed by atoms with E-state index in [9.17, 15) is 9.59 Å². The average molecular weight is 333 g/mol. The van der Waals surface area contributed by atoms with Gasteiger partial charge in [-0.2, -0.15) is 0 Å². The van der Waals surface area contributed by atoms with Gasteiger partial charge < -0.3 is 14.7 Å². The summed E-state index contributed by atoms with van der Waals surface area (Å²) in [5.74, 6) is 0.0695. The number of carbonyl (C=O) groups excluding carboxylic acids is 1. The molecule has 132 valence electrons. The normalized spacial score (nSPS) is 16.0. The fourth-order valence-electron chi connectivity index (χ4n) is 2.92. The fraction of sp³-hybridized carbons (Fsp3) is 0.579. The number of amides is 1. The lowest BCUT2D eigenvalue weighted by atomic mass is 9.87. The van der Waals surface area contributed by atoms with Crippen molar-refractivity contribution in [2.24, 2.45) is 5.92 Å². The first-order valence-corrected chi connectivity index (χ1v) is 8.48. The Hall–Kier alpha value is -2.04. The Morgan fingerprint density at radius 2 is 1.75 bits per heavy atom. The molecule has 1 aromatic rings. The SMILES string of the molecule is CC(C)(C)c1ccc(OCC(=O)N2CCC(CC(=O)O)CC2)cc1. The average Bonchev–Trinajstić information content (AvgIpc) is 2.52. The standard InChI is InChI=1S/C19H27NO4/c1-19(2,3)15-4-6-16(7-5-15)24-13-17(21)20-10-8-14(9-11-20)12-18(22)23/h4-7,14H,8-13H2,1-3H3,(H,22,23). The summed E-state index contributed by atoms with van der Waals surface area (Å²) in [6.07, 6.45) is 1.69. The van der Waals surface area contributed by atoms with E-state index in [0.717, 1.165) is 12.8 Å². The lowest BCUT2D eigenvalue weighted by Crippen LogP contribution is -2.41. The number of benzene rings is 1. The van der Waals surface area contributed by atoms with E-state index in [1.54, 1.807) is 4.90 Å². The molecular weight excluding hydrogens is 306 g/mol. The molecule has 1 amide bonds. The molecule has 24 heavy (non-hydrogen) atoms. The van der Waals surface area contributed by atoms with Gasteiger partial charge in [0.05, 0.1) is 0 Å². The molecule has 5 heteroatoms. The van der Waals surface area contributed by atoms with Crippen molar-refractivity contribution >= 4 is 11.9 Å². The van der Waals surface area contributed by atoms with E-state index in [1.807, 2.05) is 24.3 Å². The molecule has 0 unspecified atom stereocenters. The van der Waals surface area contributed by atoms with Gasteiger partial charge in [-0.15, -0.1) is 0 Å². The second kappa shape index (κ2) is 7.69. The van der Waals surface area contributed by atoms with Gasteiger partial charge in [0.1, 0.15) is 5.75 Å². The predicted molar refractivity (Wildman–Crippen MR) is 92.2 cm³/mol. The first-order valence-electron chi connectivity index (χ1n) is 8.48. The van der Waals surface area contributed by atoms with Crippen molar-refractivity contribution in [1.82, 2.24) is 4.90 Å². The molecule has 0 spiro atoms. The minimum absolute atomic E-state index is 0.0263. The highest BCUT2D eigenvalue weighted by atomic mass is 16.5. The van der Waals surface area contributed by atoms with Gasteiger partial charge in [0, 0.05) is 19.5 Å². The van der Waals surface area contributed by atoms with E-state index in [1.165, 1.54) is 5.56 Å². The van der Waals surface area contributed by atoms with Crippen molar-refractivity contribution in [2.75, 3.05) is 19.7 Å². The molecule has 5 nitrogen and oxygen atoms in total. The zero-order chi connectivity index (χ0) is 17.7. The van der Waals surface area contributed by atoms with Crippen LogP contribution in [0.2, 0.25) is 0 Å². The highest BCUT2D eigenvalue weighted by molar-refractivity contribution is 5.78. The van der Waals surface area contributed by atoms with Gasteiger partial charge in [-0.05, 0) is 41.9 Å². The molecule has 2 rings (SSSR count). The molecule has 1 aliphatic heterocycles. The number of ether oxygens (including phenoxy) is 1. The Labute approximate surface area is 143 Å². The van der Waals surface area contributed by atoms with Crippen molar-refractivity contribution in [3.05, 3.63) is 29.8 Å². The van der Waals surface area contributed by atoms with Crippen LogP contribution in [-0.2, 0) is 15.0 Å². The Bertz CT molecular complexity index is 566. The number of hydrogen-bond acceptors (Lipinski definition) is 3. The molecule has 1 heterocycles. The van der Waals surface area contributed by atoms with Crippen molar-refractivity contribution in [3.8, 4) is 5.75 Å². The number of piperidine rings is 1. The van der Waals surface area contributed by atoms with E-state index in [4.69, 9.17) is 9.84 Å². The lowest BCUT2D eigenvalue weighted by molar-refractivity contribution is -0.139. The molecule has 1 aromatic carbocycles. The van der Waals surface area contributed by atoms with E-state index in [2.05, 4.69) is 20.8 Å². The van der Waals surface area contributed by atoms with Crippen LogP contribution in [0.25, 0.3) is 0 Å². The summed E-state index contributed by atoms with van der Waals surface area (Å²) in [6, 6.07) is 7.84. The van der Waals surface area contributed by atoms with Crippen LogP contribution in [0.4, 0.5) is 0 Å². The van der Waals surface area contributed by atoms with Crippen molar-refractivity contribution in [2.45, 2.75) is 45.4 Å². The highest BCUT2D eigenvalue weighted by Crippen LogP contribution is 2.24. The molecular formula is C19H27NO4. The minimum atomic E-state index is -0.762. The first kappa shape index (κ1) is 18.3. The van der Waals surface area contributed by atoms with E-state index >= 15 is 0 Å². The topological polar surface area (TPSA) is 66.8 Å². The van der Waals surface area contributed by atoms with Gasteiger partial charge in [-0.3, -0.25) is 9.59 Å². The maximum atomic E-state index is 12.2. The van der Waals surface area contributed by atoms with E-state index < -0.39 is 5.97 Å². The number of carbonyl (C=O) groups is 2. The summed E-state index contributed by atoms with van der Waals surface area (Å²) in [7, 11) is 0. The zero-order valence-corrected chi connectivity index (χ0v) is 14.7.